The van der Waals surface area contributed by atoms with Crippen molar-refractivity contribution in [2.45, 2.75) is 26.8 Å². The molecule has 0 radical (unpaired) electrons. The summed E-state index contributed by atoms with van der Waals surface area (Å²) < 4.78 is 4.76. The molecule has 84 valence electrons. The standard InChI is InChI=1S/C10H17N3O2/c1-5-11-9(10(14)15-4)8-6(2)12-13-7(8)3/h9,11H,5H2,1-4H3,(H,12,13). The van der Waals surface area contributed by atoms with Gasteiger partial charge < -0.3 is 10.1 Å². The van der Waals surface area contributed by atoms with Crippen molar-refractivity contribution < 1.29 is 9.53 Å². The average molecular weight is 211 g/mol. The molecule has 5 heteroatoms. The van der Waals surface area contributed by atoms with Gasteiger partial charge in [0.05, 0.1) is 12.8 Å². The van der Waals surface area contributed by atoms with E-state index in [1.54, 1.807) is 0 Å². The van der Waals surface area contributed by atoms with E-state index in [4.69, 9.17) is 4.74 Å². The van der Waals surface area contributed by atoms with Crippen molar-refractivity contribution in [3.63, 3.8) is 0 Å². The molecule has 0 bridgehead atoms. The highest BCUT2D eigenvalue weighted by Crippen LogP contribution is 2.20. The number of carbonyl (C=O) groups excluding carboxylic acids is 1. The van der Waals surface area contributed by atoms with Gasteiger partial charge in [-0.3, -0.25) is 5.10 Å². The fraction of sp³-hybridized carbons (Fsp3) is 0.600. The molecule has 15 heavy (non-hydrogen) atoms. The minimum Gasteiger partial charge on any atom is -0.468 e. The summed E-state index contributed by atoms with van der Waals surface area (Å²) in [6, 6.07) is -0.432. The van der Waals surface area contributed by atoms with E-state index in [0.29, 0.717) is 6.54 Å². The highest BCUT2D eigenvalue weighted by Gasteiger charge is 2.25. The monoisotopic (exact) mass is 211 g/mol. The van der Waals surface area contributed by atoms with E-state index < -0.39 is 6.04 Å². The minimum atomic E-state index is -0.432. The Labute approximate surface area is 89.2 Å². The highest BCUT2D eigenvalue weighted by molar-refractivity contribution is 5.78. The summed E-state index contributed by atoms with van der Waals surface area (Å²) in [7, 11) is 1.39. The van der Waals surface area contributed by atoms with Crippen molar-refractivity contribution >= 4 is 5.97 Å². The molecule has 1 heterocycles. The van der Waals surface area contributed by atoms with E-state index in [-0.39, 0.29) is 5.97 Å². The molecule has 0 aliphatic carbocycles. The second kappa shape index (κ2) is 4.93. The van der Waals surface area contributed by atoms with Crippen molar-refractivity contribution in [3.05, 3.63) is 17.0 Å². The lowest BCUT2D eigenvalue weighted by Gasteiger charge is -2.15. The van der Waals surface area contributed by atoms with E-state index in [0.717, 1.165) is 17.0 Å². The first-order valence-electron chi connectivity index (χ1n) is 4.94. The maximum atomic E-state index is 11.6. The minimum absolute atomic E-state index is 0.288. The fourth-order valence-corrected chi connectivity index (χ4v) is 1.61. The Balaban J connectivity index is 3.03. The zero-order valence-electron chi connectivity index (χ0n) is 9.55. The van der Waals surface area contributed by atoms with Crippen LogP contribution in [0, 0.1) is 13.8 Å². The van der Waals surface area contributed by atoms with E-state index in [1.807, 2.05) is 20.8 Å². The zero-order valence-corrected chi connectivity index (χ0v) is 9.55. The third-order valence-electron chi connectivity index (χ3n) is 2.32. The van der Waals surface area contributed by atoms with Crippen molar-refractivity contribution in [1.29, 1.82) is 0 Å². The number of hydrogen-bond acceptors (Lipinski definition) is 4. The van der Waals surface area contributed by atoms with Gasteiger partial charge in [0, 0.05) is 11.3 Å². The maximum absolute atomic E-state index is 11.6. The average Bonchev–Trinajstić information content (AvgIpc) is 2.55. The Hall–Kier alpha value is -1.36. The summed E-state index contributed by atoms with van der Waals surface area (Å²) in [6.45, 7) is 6.40. The quantitative estimate of drug-likeness (QED) is 0.724. The van der Waals surface area contributed by atoms with Crippen LogP contribution in [0.4, 0.5) is 0 Å². The molecule has 1 rings (SSSR count). The molecule has 0 amide bonds. The number of H-pyrrole nitrogens is 1. The van der Waals surface area contributed by atoms with Crippen molar-refractivity contribution in [2.75, 3.05) is 13.7 Å². The van der Waals surface area contributed by atoms with Gasteiger partial charge in [0.2, 0.25) is 0 Å². The predicted molar refractivity (Wildman–Crippen MR) is 56.5 cm³/mol. The number of nitrogens with one attached hydrogen (secondary N) is 2. The van der Waals surface area contributed by atoms with Gasteiger partial charge in [-0.1, -0.05) is 6.92 Å². The molecule has 1 unspecified atom stereocenters. The van der Waals surface area contributed by atoms with Gasteiger partial charge in [-0.25, -0.2) is 4.79 Å². The van der Waals surface area contributed by atoms with E-state index in [1.165, 1.54) is 7.11 Å². The van der Waals surface area contributed by atoms with Crippen LogP contribution in [0.2, 0.25) is 0 Å². The van der Waals surface area contributed by atoms with Crippen LogP contribution in [-0.4, -0.2) is 29.8 Å². The third-order valence-corrected chi connectivity index (χ3v) is 2.32. The van der Waals surface area contributed by atoms with Crippen LogP contribution in [0.1, 0.15) is 29.9 Å². The second-order valence-corrected chi connectivity index (χ2v) is 3.36. The number of ether oxygens (including phenoxy) is 1. The first kappa shape index (κ1) is 11.7. The van der Waals surface area contributed by atoms with Gasteiger partial charge in [0.15, 0.2) is 0 Å². The number of hydrogen-bond donors (Lipinski definition) is 2. The first-order valence-corrected chi connectivity index (χ1v) is 4.94. The Morgan fingerprint density at radius 3 is 2.67 bits per heavy atom. The third kappa shape index (κ3) is 2.36. The molecule has 0 aromatic carbocycles. The number of esters is 1. The predicted octanol–water partition coefficient (Wildman–Crippen LogP) is 0.850. The Bertz CT molecular complexity index is 327. The molecule has 0 aliphatic rings. The normalized spacial score (nSPS) is 12.5. The van der Waals surface area contributed by atoms with Gasteiger partial charge in [-0.05, 0) is 20.4 Å². The molecule has 2 N–H and O–H groups in total. The molecule has 0 saturated carbocycles. The summed E-state index contributed by atoms with van der Waals surface area (Å²) in [5, 5.41) is 10.0. The number of rotatable bonds is 4. The molecule has 0 fully saturated rings. The molecular formula is C10H17N3O2. The summed E-state index contributed by atoms with van der Waals surface area (Å²) in [4.78, 5) is 11.6. The van der Waals surface area contributed by atoms with Crippen LogP contribution in [0.25, 0.3) is 0 Å². The van der Waals surface area contributed by atoms with Crippen LogP contribution < -0.4 is 5.32 Å². The number of aryl methyl sites for hydroxylation is 2. The molecule has 0 spiro atoms. The van der Waals surface area contributed by atoms with Gasteiger partial charge in [0.25, 0.3) is 0 Å². The SMILES string of the molecule is CCNC(C(=O)OC)c1c(C)n[nH]c1C. The Morgan fingerprint density at radius 1 is 1.60 bits per heavy atom. The van der Waals surface area contributed by atoms with Gasteiger partial charge in [0.1, 0.15) is 6.04 Å². The molecule has 1 aromatic heterocycles. The number of methoxy groups -OCH3 is 1. The van der Waals surface area contributed by atoms with E-state index in [9.17, 15) is 4.79 Å². The van der Waals surface area contributed by atoms with Crippen LogP contribution in [0.15, 0.2) is 0 Å². The number of aromatic nitrogens is 2. The van der Waals surface area contributed by atoms with Crippen LogP contribution in [-0.2, 0) is 9.53 Å². The largest absolute Gasteiger partial charge is 0.468 e. The molecule has 0 saturated heterocycles. The summed E-state index contributed by atoms with van der Waals surface area (Å²) in [5.74, 6) is -0.288. The number of nitrogens with zero attached hydrogens (tertiary/aromatic N) is 1. The lowest BCUT2D eigenvalue weighted by atomic mass is 10.1. The molecule has 1 aromatic rings. The van der Waals surface area contributed by atoms with Gasteiger partial charge >= 0.3 is 5.97 Å². The summed E-state index contributed by atoms with van der Waals surface area (Å²) in [6.07, 6.45) is 0. The lowest BCUT2D eigenvalue weighted by Crippen LogP contribution is -2.30. The maximum Gasteiger partial charge on any atom is 0.327 e. The molecule has 5 nitrogen and oxygen atoms in total. The topological polar surface area (TPSA) is 67.0 Å². The van der Waals surface area contributed by atoms with Crippen molar-refractivity contribution in [3.8, 4) is 0 Å². The van der Waals surface area contributed by atoms with Gasteiger partial charge in [-0.2, -0.15) is 5.10 Å². The highest BCUT2D eigenvalue weighted by atomic mass is 16.5. The number of carbonyl (C=O) groups is 1. The van der Waals surface area contributed by atoms with E-state index >= 15 is 0 Å². The van der Waals surface area contributed by atoms with Crippen LogP contribution in [0.5, 0.6) is 0 Å². The fourth-order valence-electron chi connectivity index (χ4n) is 1.61. The summed E-state index contributed by atoms with van der Waals surface area (Å²) in [5.41, 5.74) is 2.59. The molecular weight excluding hydrogens is 194 g/mol. The lowest BCUT2D eigenvalue weighted by molar-refractivity contribution is -0.143. The van der Waals surface area contributed by atoms with Crippen LogP contribution >= 0.6 is 0 Å². The Kier molecular flexibility index (Phi) is 3.85. The van der Waals surface area contributed by atoms with E-state index in [2.05, 4.69) is 15.5 Å². The van der Waals surface area contributed by atoms with Crippen molar-refractivity contribution in [1.82, 2.24) is 15.5 Å². The Morgan fingerprint density at radius 2 is 2.27 bits per heavy atom. The molecule has 0 aliphatic heterocycles. The summed E-state index contributed by atoms with van der Waals surface area (Å²) >= 11 is 0. The zero-order chi connectivity index (χ0) is 11.4. The molecule has 1 atom stereocenters. The van der Waals surface area contributed by atoms with Crippen molar-refractivity contribution in [2.24, 2.45) is 0 Å². The smallest absolute Gasteiger partial charge is 0.327 e. The second-order valence-electron chi connectivity index (χ2n) is 3.36. The number of aromatic amines is 1. The number of likely N-dealkylation sites (N-methyl/N-ethyl adjacent to an activating group) is 1. The van der Waals surface area contributed by atoms with Crippen LogP contribution in [0.3, 0.4) is 0 Å². The first-order chi connectivity index (χ1) is 7.11. The van der Waals surface area contributed by atoms with Gasteiger partial charge in [-0.15, -0.1) is 0 Å².